The van der Waals surface area contributed by atoms with Crippen LogP contribution in [-0.4, -0.2) is 0 Å². The summed E-state index contributed by atoms with van der Waals surface area (Å²) in [5.74, 6) is 0. The molecule has 0 aliphatic heterocycles. The lowest BCUT2D eigenvalue weighted by molar-refractivity contribution is 0.669. The molecule has 0 amide bonds. The van der Waals surface area contributed by atoms with Crippen LogP contribution in [0.15, 0.2) is 312 Å². The van der Waals surface area contributed by atoms with Crippen molar-refractivity contribution in [1.29, 1.82) is 0 Å². The molecule has 4 nitrogen and oxygen atoms in total. The number of nitrogens with zero attached hydrogens (tertiary/aromatic N) is 2. The Hall–Kier alpha value is -11.2. The largest absolute Gasteiger partial charge is 0.455 e. The van der Waals surface area contributed by atoms with Crippen molar-refractivity contribution in [2.45, 2.75) is 5.41 Å². The molecule has 2 aromatic heterocycles. The second kappa shape index (κ2) is 18.4. The first-order valence-corrected chi connectivity index (χ1v) is 29.2. The zero-order valence-corrected chi connectivity index (χ0v) is 46.1. The molecule has 1 spiro atoms. The zero-order chi connectivity index (χ0) is 55.7. The maximum atomic E-state index is 6.57. The molecule has 0 atom stereocenters. The number of para-hydroxylation sites is 4. The van der Waals surface area contributed by atoms with Gasteiger partial charge in [-0.1, -0.05) is 231 Å². The molecule has 85 heavy (non-hydrogen) atoms. The van der Waals surface area contributed by atoms with E-state index >= 15 is 0 Å². The van der Waals surface area contributed by atoms with Gasteiger partial charge in [0, 0.05) is 66.2 Å². The van der Waals surface area contributed by atoms with Crippen molar-refractivity contribution < 1.29 is 8.83 Å². The number of benzene rings is 14. The summed E-state index contributed by atoms with van der Waals surface area (Å²) in [5, 5.41) is 9.21. The highest BCUT2D eigenvalue weighted by molar-refractivity contribution is 6.11. The normalized spacial score (nSPS) is 12.8. The summed E-state index contributed by atoms with van der Waals surface area (Å²) in [5.41, 5.74) is 23.8. The Morgan fingerprint density at radius 3 is 1.05 bits per heavy atom. The van der Waals surface area contributed by atoms with Gasteiger partial charge in [0.2, 0.25) is 0 Å². The SMILES string of the molecule is c1ccc2c(c1)-c1ccccc1C21c2cc(N(c3ccc(-c4cccc5c4oc4ccccc45)cc3)c3cccc4ccccc34)ccc2-c2ccc(N(c3ccc(-c4cccc5c4oc4ccccc45)cc3)c3cccc4ccccc34)cc21. The van der Waals surface area contributed by atoms with Crippen molar-refractivity contribution >= 4 is 99.5 Å². The Morgan fingerprint density at radius 2 is 0.576 bits per heavy atom. The van der Waals surface area contributed by atoms with Gasteiger partial charge in [-0.25, -0.2) is 0 Å². The van der Waals surface area contributed by atoms with Crippen molar-refractivity contribution in [2.75, 3.05) is 9.80 Å². The van der Waals surface area contributed by atoms with Gasteiger partial charge in [-0.2, -0.15) is 0 Å². The molecule has 0 fully saturated rings. The smallest absolute Gasteiger partial charge is 0.143 e. The molecule has 18 rings (SSSR count). The Bertz CT molecular complexity index is 5050. The topological polar surface area (TPSA) is 32.8 Å². The second-order valence-corrected chi connectivity index (χ2v) is 22.6. The summed E-state index contributed by atoms with van der Waals surface area (Å²) < 4.78 is 13.1. The minimum Gasteiger partial charge on any atom is -0.455 e. The van der Waals surface area contributed by atoms with E-state index in [0.29, 0.717) is 0 Å². The average Bonchev–Trinajstić information content (AvgIpc) is 1.55. The van der Waals surface area contributed by atoms with E-state index in [4.69, 9.17) is 8.83 Å². The summed E-state index contributed by atoms with van der Waals surface area (Å²) in [6.07, 6.45) is 0. The average molecular weight is 1080 g/mol. The molecule has 2 aliphatic carbocycles. The van der Waals surface area contributed by atoms with Crippen molar-refractivity contribution in [1.82, 2.24) is 0 Å². The molecule has 0 unspecified atom stereocenters. The number of fused-ring (bicyclic) bond motifs is 18. The Labute approximate surface area is 490 Å². The van der Waals surface area contributed by atoms with E-state index in [9.17, 15) is 0 Å². The molecule has 0 N–H and O–H groups in total. The minimum absolute atomic E-state index is 0.664. The van der Waals surface area contributed by atoms with Gasteiger partial charge in [0.05, 0.1) is 16.8 Å². The standard InChI is InChI=1S/C81H50N2O2/c1-3-21-59-51(17-1)19-13-33-75(59)82(55-41-37-53(38-42-55)61-27-15-29-69-67-25-7-11-35-77(67)84-79(61)69)57-45-47-65-66-48-46-58(50-74(66)81(73(65)49-57)71-31-9-5-23-63(71)64-24-6-10-32-72(64)81)83(76-34-14-20-52-18-2-4-22-60(52)76)56-43-39-54(40-44-56)62-28-16-30-70-68-26-8-12-36-78(68)85-80(62)70/h1-50H. The van der Waals surface area contributed by atoms with Crippen molar-refractivity contribution in [3.05, 3.63) is 326 Å². The Balaban J connectivity index is 0.831. The summed E-state index contributed by atoms with van der Waals surface area (Å²) in [6, 6.07) is 111. The van der Waals surface area contributed by atoms with E-state index in [1.807, 2.05) is 12.1 Å². The van der Waals surface area contributed by atoms with Crippen molar-refractivity contribution in [3.8, 4) is 44.5 Å². The lowest BCUT2D eigenvalue weighted by Gasteiger charge is -2.33. The van der Waals surface area contributed by atoms with Crippen molar-refractivity contribution in [3.63, 3.8) is 0 Å². The number of furan rings is 2. The molecule has 0 bridgehead atoms. The fourth-order valence-corrected chi connectivity index (χ4v) is 14.6. The molecule has 14 aromatic carbocycles. The first kappa shape index (κ1) is 47.4. The third kappa shape index (κ3) is 6.97. The van der Waals surface area contributed by atoms with Crippen LogP contribution in [0.1, 0.15) is 22.3 Å². The molecule has 4 heteroatoms. The lowest BCUT2D eigenvalue weighted by atomic mass is 9.70. The molecule has 396 valence electrons. The van der Waals surface area contributed by atoms with Crippen LogP contribution in [0.4, 0.5) is 34.1 Å². The molecule has 0 saturated heterocycles. The van der Waals surface area contributed by atoms with E-state index < -0.39 is 5.41 Å². The van der Waals surface area contributed by atoms with Gasteiger partial charge in [0.1, 0.15) is 22.3 Å². The first-order valence-electron chi connectivity index (χ1n) is 29.2. The summed E-state index contributed by atoms with van der Waals surface area (Å²) in [6.45, 7) is 0. The molecular weight excluding hydrogens is 1030 g/mol. The lowest BCUT2D eigenvalue weighted by Crippen LogP contribution is -2.26. The number of anilines is 6. The van der Waals surface area contributed by atoms with Gasteiger partial charge in [-0.05, 0) is 139 Å². The van der Waals surface area contributed by atoms with Gasteiger partial charge >= 0.3 is 0 Å². The third-order valence-corrected chi connectivity index (χ3v) is 18.3. The van der Waals surface area contributed by atoms with Crippen LogP contribution in [0.3, 0.4) is 0 Å². The van der Waals surface area contributed by atoms with Crippen LogP contribution in [0, 0.1) is 0 Å². The highest BCUT2D eigenvalue weighted by atomic mass is 16.3. The fourth-order valence-electron chi connectivity index (χ4n) is 14.6. The predicted octanol–water partition coefficient (Wildman–Crippen LogP) is 22.4. The molecule has 0 saturated carbocycles. The second-order valence-electron chi connectivity index (χ2n) is 22.6. The first-order chi connectivity index (χ1) is 42.2. The quantitative estimate of drug-likeness (QED) is 0.152. The van der Waals surface area contributed by atoms with E-state index in [0.717, 1.165) is 100 Å². The van der Waals surface area contributed by atoms with Crippen molar-refractivity contribution in [2.24, 2.45) is 0 Å². The van der Waals surface area contributed by atoms with Crippen LogP contribution in [0.5, 0.6) is 0 Å². The third-order valence-electron chi connectivity index (χ3n) is 18.3. The van der Waals surface area contributed by atoms with Crippen LogP contribution in [0.25, 0.3) is 110 Å². The molecular formula is C81H50N2O2. The van der Waals surface area contributed by atoms with Gasteiger partial charge in [0.25, 0.3) is 0 Å². The van der Waals surface area contributed by atoms with Gasteiger partial charge in [0.15, 0.2) is 0 Å². The highest BCUT2D eigenvalue weighted by Crippen LogP contribution is 2.64. The molecule has 2 aliphatic rings. The summed E-state index contributed by atoms with van der Waals surface area (Å²) >= 11 is 0. The van der Waals surface area contributed by atoms with E-state index in [-0.39, 0.29) is 0 Å². The predicted molar refractivity (Wildman–Crippen MR) is 353 cm³/mol. The highest BCUT2D eigenvalue weighted by Gasteiger charge is 2.52. The van der Waals surface area contributed by atoms with E-state index in [1.165, 1.54) is 66.1 Å². The van der Waals surface area contributed by atoms with Gasteiger partial charge in [-0.15, -0.1) is 0 Å². The van der Waals surface area contributed by atoms with Crippen LogP contribution >= 0.6 is 0 Å². The Kier molecular flexibility index (Phi) is 10.3. The van der Waals surface area contributed by atoms with Crippen LogP contribution < -0.4 is 9.80 Å². The number of rotatable bonds is 8. The summed E-state index contributed by atoms with van der Waals surface area (Å²) in [7, 11) is 0. The fraction of sp³-hybridized carbons (Fsp3) is 0.0123. The zero-order valence-electron chi connectivity index (χ0n) is 46.1. The monoisotopic (exact) mass is 1080 g/mol. The maximum absolute atomic E-state index is 6.57. The van der Waals surface area contributed by atoms with Crippen LogP contribution in [-0.2, 0) is 5.41 Å². The molecule has 2 heterocycles. The summed E-state index contributed by atoms with van der Waals surface area (Å²) in [4.78, 5) is 4.92. The Morgan fingerprint density at radius 1 is 0.235 bits per heavy atom. The molecule has 0 radical (unpaired) electrons. The minimum atomic E-state index is -0.664. The van der Waals surface area contributed by atoms with Gasteiger partial charge < -0.3 is 18.6 Å². The maximum Gasteiger partial charge on any atom is 0.143 e. The number of hydrogen-bond donors (Lipinski definition) is 0. The van der Waals surface area contributed by atoms with Gasteiger partial charge in [-0.3, -0.25) is 0 Å². The van der Waals surface area contributed by atoms with Crippen LogP contribution in [0.2, 0.25) is 0 Å². The van der Waals surface area contributed by atoms with E-state index in [1.54, 1.807) is 0 Å². The molecule has 16 aromatic rings. The number of hydrogen-bond acceptors (Lipinski definition) is 4. The van der Waals surface area contributed by atoms with E-state index in [2.05, 4.69) is 301 Å².